The van der Waals surface area contributed by atoms with Crippen LogP contribution in [0.3, 0.4) is 0 Å². The van der Waals surface area contributed by atoms with Gasteiger partial charge in [-0.25, -0.2) is 4.79 Å². The van der Waals surface area contributed by atoms with E-state index in [2.05, 4.69) is 0 Å². The van der Waals surface area contributed by atoms with E-state index < -0.39 is 11.8 Å². The molecule has 0 aliphatic heterocycles. The number of carbonyl (C=O) groups excluding carboxylic acids is 1. The summed E-state index contributed by atoms with van der Waals surface area (Å²) in [6.45, 7) is 1.79. The fourth-order valence-electron chi connectivity index (χ4n) is 1.93. The summed E-state index contributed by atoms with van der Waals surface area (Å²) in [6.07, 6.45) is 0. The van der Waals surface area contributed by atoms with Crippen molar-refractivity contribution in [3.8, 4) is 17.6 Å². The number of halogens is 1. The molecule has 108 valence electrons. The molecule has 2 aromatic rings. The van der Waals surface area contributed by atoms with Gasteiger partial charge in [0.05, 0.1) is 12.3 Å². The van der Waals surface area contributed by atoms with E-state index in [9.17, 15) is 9.90 Å². The molecule has 0 saturated heterocycles. The van der Waals surface area contributed by atoms with Crippen molar-refractivity contribution in [3.63, 3.8) is 0 Å². The Morgan fingerprint density at radius 2 is 2.10 bits per heavy atom. The van der Waals surface area contributed by atoms with Crippen LogP contribution in [0, 0.1) is 11.3 Å². The summed E-state index contributed by atoms with van der Waals surface area (Å²) in [7, 11) is 0. The molecular formula is C14H12ClN3O3. The van der Waals surface area contributed by atoms with E-state index in [4.69, 9.17) is 27.3 Å². The fraction of sp³-hybridized carbons (Fsp3) is 0.143. The maximum Gasteiger partial charge on any atom is 0.357 e. The zero-order valence-corrected chi connectivity index (χ0v) is 11.9. The molecule has 0 spiro atoms. The van der Waals surface area contributed by atoms with Crippen molar-refractivity contribution in [2.45, 2.75) is 6.92 Å². The van der Waals surface area contributed by atoms with E-state index in [1.807, 2.05) is 0 Å². The summed E-state index contributed by atoms with van der Waals surface area (Å²) < 4.78 is 6.09. The number of esters is 1. The number of aromatic nitrogens is 1. The highest BCUT2D eigenvalue weighted by Gasteiger charge is 2.27. The molecule has 1 heterocycles. The Balaban J connectivity index is 2.72. The number of benzene rings is 1. The standard InChI is InChI=1S/C14H12ClN3O3/c1-2-21-14(20)12-11(17)10(7-16)13(19)18(12)9-5-3-8(15)4-6-9/h3-6,19H,2,17H2,1H3. The summed E-state index contributed by atoms with van der Waals surface area (Å²) in [5.41, 5.74) is 5.84. The molecule has 0 aliphatic rings. The zero-order chi connectivity index (χ0) is 15.6. The monoisotopic (exact) mass is 305 g/mol. The predicted octanol–water partition coefficient (Wildman–Crippen LogP) is 2.47. The highest BCUT2D eigenvalue weighted by molar-refractivity contribution is 6.30. The molecule has 0 radical (unpaired) electrons. The number of nitrogens with two attached hydrogens (primary N) is 1. The van der Waals surface area contributed by atoms with E-state index in [0.717, 1.165) is 0 Å². The molecule has 0 aliphatic carbocycles. The van der Waals surface area contributed by atoms with Crippen LogP contribution >= 0.6 is 11.6 Å². The van der Waals surface area contributed by atoms with Gasteiger partial charge in [0.15, 0.2) is 5.69 Å². The van der Waals surface area contributed by atoms with Gasteiger partial charge in [-0.05, 0) is 31.2 Å². The van der Waals surface area contributed by atoms with Crippen LogP contribution in [0.25, 0.3) is 5.69 Å². The van der Waals surface area contributed by atoms with Gasteiger partial charge in [0.25, 0.3) is 0 Å². The van der Waals surface area contributed by atoms with Gasteiger partial charge in [-0.3, -0.25) is 4.57 Å². The number of ether oxygens (including phenoxy) is 1. The molecule has 0 unspecified atom stereocenters. The topological polar surface area (TPSA) is 101 Å². The normalized spacial score (nSPS) is 10.1. The molecule has 3 N–H and O–H groups in total. The number of hydrogen-bond donors (Lipinski definition) is 2. The van der Waals surface area contributed by atoms with E-state index in [1.54, 1.807) is 37.3 Å². The summed E-state index contributed by atoms with van der Waals surface area (Å²) in [4.78, 5) is 12.0. The van der Waals surface area contributed by atoms with Crippen molar-refractivity contribution in [3.05, 3.63) is 40.5 Å². The maximum absolute atomic E-state index is 12.0. The highest BCUT2D eigenvalue weighted by atomic mass is 35.5. The Labute approximate surface area is 125 Å². The lowest BCUT2D eigenvalue weighted by Gasteiger charge is -2.10. The molecule has 6 nitrogen and oxygen atoms in total. The Morgan fingerprint density at radius 3 is 2.62 bits per heavy atom. The second kappa shape index (κ2) is 5.77. The van der Waals surface area contributed by atoms with Gasteiger partial charge in [0.2, 0.25) is 5.88 Å². The summed E-state index contributed by atoms with van der Waals surface area (Å²) in [5.74, 6) is -1.14. The molecule has 21 heavy (non-hydrogen) atoms. The van der Waals surface area contributed by atoms with Gasteiger partial charge < -0.3 is 15.6 Å². The molecule has 0 atom stereocenters. The van der Waals surface area contributed by atoms with Crippen molar-refractivity contribution in [2.75, 3.05) is 12.3 Å². The fourth-order valence-corrected chi connectivity index (χ4v) is 2.06. The minimum Gasteiger partial charge on any atom is -0.493 e. The molecular weight excluding hydrogens is 294 g/mol. The largest absolute Gasteiger partial charge is 0.493 e. The van der Waals surface area contributed by atoms with Gasteiger partial charge in [0, 0.05) is 10.7 Å². The summed E-state index contributed by atoms with van der Waals surface area (Å²) in [5, 5.41) is 19.7. The van der Waals surface area contributed by atoms with Crippen LogP contribution in [0.1, 0.15) is 23.0 Å². The van der Waals surface area contributed by atoms with Crippen molar-refractivity contribution in [1.29, 1.82) is 5.26 Å². The van der Waals surface area contributed by atoms with E-state index in [0.29, 0.717) is 10.7 Å². The number of carbonyl (C=O) groups is 1. The second-order valence-electron chi connectivity index (χ2n) is 4.10. The maximum atomic E-state index is 12.0. The predicted molar refractivity (Wildman–Crippen MR) is 77.5 cm³/mol. The van der Waals surface area contributed by atoms with Crippen LogP contribution in [0.4, 0.5) is 5.69 Å². The number of nitriles is 1. The third-order valence-corrected chi connectivity index (χ3v) is 3.10. The first-order valence-corrected chi connectivity index (χ1v) is 6.45. The Bertz CT molecular complexity index is 729. The van der Waals surface area contributed by atoms with Gasteiger partial charge in [-0.1, -0.05) is 11.6 Å². The average Bonchev–Trinajstić information content (AvgIpc) is 2.71. The molecule has 1 aromatic heterocycles. The number of anilines is 1. The molecule has 1 aromatic carbocycles. The average molecular weight is 306 g/mol. The number of nitrogen functional groups attached to an aromatic ring is 1. The lowest BCUT2D eigenvalue weighted by atomic mass is 10.2. The Morgan fingerprint density at radius 1 is 1.48 bits per heavy atom. The summed E-state index contributed by atoms with van der Waals surface area (Å²) >= 11 is 5.81. The van der Waals surface area contributed by atoms with Crippen LogP contribution in [0.15, 0.2) is 24.3 Å². The smallest absolute Gasteiger partial charge is 0.357 e. The van der Waals surface area contributed by atoms with Crippen molar-refractivity contribution in [1.82, 2.24) is 4.57 Å². The first kappa shape index (κ1) is 14.8. The van der Waals surface area contributed by atoms with Gasteiger partial charge in [-0.2, -0.15) is 5.26 Å². The number of rotatable bonds is 3. The van der Waals surface area contributed by atoms with E-state index in [-0.39, 0.29) is 23.6 Å². The van der Waals surface area contributed by atoms with Crippen LogP contribution in [0.5, 0.6) is 5.88 Å². The Kier molecular flexibility index (Phi) is 4.05. The van der Waals surface area contributed by atoms with Gasteiger partial charge >= 0.3 is 5.97 Å². The quantitative estimate of drug-likeness (QED) is 0.848. The molecule has 0 saturated carbocycles. The van der Waals surface area contributed by atoms with Crippen LogP contribution in [-0.2, 0) is 4.74 Å². The number of aromatic hydroxyl groups is 1. The summed E-state index contributed by atoms with van der Waals surface area (Å²) in [6, 6.07) is 8.13. The Hall–Kier alpha value is -2.65. The SMILES string of the molecule is CCOC(=O)c1c(N)c(C#N)c(O)n1-c1ccc(Cl)cc1. The molecule has 0 fully saturated rings. The third-order valence-electron chi connectivity index (χ3n) is 2.85. The van der Waals surface area contributed by atoms with E-state index >= 15 is 0 Å². The minimum absolute atomic E-state index is 0.0896. The van der Waals surface area contributed by atoms with Gasteiger partial charge in [-0.15, -0.1) is 0 Å². The second-order valence-corrected chi connectivity index (χ2v) is 4.54. The molecule has 7 heteroatoms. The molecule has 2 rings (SSSR count). The van der Waals surface area contributed by atoms with Crippen LogP contribution in [-0.4, -0.2) is 22.2 Å². The van der Waals surface area contributed by atoms with E-state index in [1.165, 1.54) is 4.57 Å². The van der Waals surface area contributed by atoms with Crippen LogP contribution in [0.2, 0.25) is 5.02 Å². The highest BCUT2D eigenvalue weighted by Crippen LogP contribution is 2.34. The van der Waals surface area contributed by atoms with Crippen molar-refractivity contribution < 1.29 is 14.6 Å². The molecule has 0 bridgehead atoms. The van der Waals surface area contributed by atoms with Crippen molar-refractivity contribution in [2.24, 2.45) is 0 Å². The lowest BCUT2D eigenvalue weighted by molar-refractivity contribution is 0.0517. The zero-order valence-electron chi connectivity index (χ0n) is 11.1. The number of hydrogen-bond acceptors (Lipinski definition) is 5. The van der Waals surface area contributed by atoms with Gasteiger partial charge in [0.1, 0.15) is 11.6 Å². The minimum atomic E-state index is -0.721. The first-order chi connectivity index (χ1) is 10.0. The van der Waals surface area contributed by atoms with Crippen molar-refractivity contribution >= 4 is 23.3 Å². The molecule has 0 amide bonds. The van der Waals surface area contributed by atoms with Crippen LogP contribution < -0.4 is 5.73 Å². The third kappa shape index (κ3) is 2.51. The first-order valence-electron chi connectivity index (χ1n) is 6.07. The number of nitrogens with zero attached hydrogens (tertiary/aromatic N) is 2. The lowest BCUT2D eigenvalue weighted by Crippen LogP contribution is -2.13.